The summed E-state index contributed by atoms with van der Waals surface area (Å²) in [5, 5.41) is 15.3. The van der Waals surface area contributed by atoms with Gasteiger partial charge in [-0.1, -0.05) is 20.8 Å². The van der Waals surface area contributed by atoms with Crippen LogP contribution in [0.5, 0.6) is 0 Å². The maximum atomic E-state index is 12.1. The monoisotopic (exact) mass is 260 g/mol. The summed E-state index contributed by atoms with van der Waals surface area (Å²) in [7, 11) is 0. The molecule has 1 aliphatic rings. The van der Waals surface area contributed by atoms with E-state index in [4.69, 9.17) is 5.11 Å². The third-order valence-corrected chi connectivity index (χ3v) is 4.08. The summed E-state index contributed by atoms with van der Waals surface area (Å²) in [6.45, 7) is 7.24. The first-order valence-electron chi connectivity index (χ1n) is 6.17. The molecule has 1 rings (SSSR count). The molecular weight excluding hydrogens is 236 g/mol. The van der Waals surface area contributed by atoms with E-state index in [2.05, 4.69) is 31.4 Å². The Hall–Kier alpha value is -0.260. The van der Waals surface area contributed by atoms with Gasteiger partial charge >= 0.3 is 0 Å². The van der Waals surface area contributed by atoms with Crippen LogP contribution in [0.2, 0.25) is 0 Å². The van der Waals surface area contributed by atoms with E-state index in [1.165, 1.54) is 0 Å². The lowest BCUT2D eigenvalue weighted by Crippen LogP contribution is -2.54. The van der Waals surface area contributed by atoms with Crippen LogP contribution in [0.4, 0.5) is 0 Å². The summed E-state index contributed by atoms with van der Waals surface area (Å²) in [5.41, 5.74) is -0.0276. The summed E-state index contributed by atoms with van der Waals surface area (Å²) >= 11 is 1.81. The molecule has 100 valence electrons. The highest BCUT2D eigenvalue weighted by Crippen LogP contribution is 2.22. The van der Waals surface area contributed by atoms with Gasteiger partial charge in [0.25, 0.3) is 0 Å². The lowest BCUT2D eigenvalue weighted by atomic mass is 9.85. The fourth-order valence-corrected chi connectivity index (χ4v) is 2.79. The first kappa shape index (κ1) is 14.8. The van der Waals surface area contributed by atoms with Crippen LogP contribution in [-0.2, 0) is 4.79 Å². The minimum atomic E-state index is -0.0858. The number of hydrogen-bond acceptors (Lipinski definition) is 4. The highest BCUT2D eigenvalue weighted by molar-refractivity contribution is 7.99. The number of hydrogen-bond donors (Lipinski definition) is 3. The number of aliphatic hydroxyl groups is 1. The van der Waals surface area contributed by atoms with E-state index in [1.54, 1.807) is 11.8 Å². The van der Waals surface area contributed by atoms with Gasteiger partial charge in [-0.15, -0.1) is 0 Å². The van der Waals surface area contributed by atoms with Crippen molar-refractivity contribution in [2.24, 2.45) is 5.41 Å². The second-order valence-corrected chi connectivity index (χ2v) is 6.67. The van der Waals surface area contributed by atoms with Gasteiger partial charge in [-0.2, -0.15) is 11.8 Å². The molecule has 2 atom stereocenters. The summed E-state index contributed by atoms with van der Waals surface area (Å²) in [6.07, 6.45) is 0.606. The molecule has 0 aromatic rings. The first-order chi connectivity index (χ1) is 7.95. The molecule has 0 bridgehead atoms. The molecule has 0 aromatic carbocycles. The van der Waals surface area contributed by atoms with Crippen LogP contribution in [0.25, 0.3) is 0 Å². The van der Waals surface area contributed by atoms with Crippen molar-refractivity contribution in [1.29, 1.82) is 0 Å². The van der Waals surface area contributed by atoms with Crippen LogP contribution >= 0.6 is 11.8 Å². The lowest BCUT2D eigenvalue weighted by Gasteiger charge is -2.33. The molecule has 0 spiro atoms. The number of rotatable bonds is 4. The first-order valence-corrected chi connectivity index (χ1v) is 7.33. The number of amides is 1. The third-order valence-electron chi connectivity index (χ3n) is 3.02. The van der Waals surface area contributed by atoms with Gasteiger partial charge in [0.05, 0.1) is 6.04 Å². The van der Waals surface area contributed by atoms with Gasteiger partial charge in [0.1, 0.15) is 0 Å². The van der Waals surface area contributed by atoms with Crippen LogP contribution in [0.15, 0.2) is 0 Å². The molecule has 0 saturated carbocycles. The quantitative estimate of drug-likeness (QED) is 0.693. The Bertz CT molecular complexity index is 247. The normalized spacial score (nSPS) is 23.2. The number of nitrogens with one attached hydrogen (secondary N) is 2. The van der Waals surface area contributed by atoms with Gasteiger partial charge < -0.3 is 15.7 Å². The maximum absolute atomic E-state index is 12.1. The topological polar surface area (TPSA) is 61.4 Å². The fourth-order valence-electron chi connectivity index (χ4n) is 1.86. The van der Waals surface area contributed by atoms with Crippen molar-refractivity contribution < 1.29 is 9.90 Å². The molecule has 1 aliphatic heterocycles. The second-order valence-electron chi connectivity index (χ2n) is 5.52. The van der Waals surface area contributed by atoms with Gasteiger partial charge in [-0.05, 0) is 11.8 Å². The van der Waals surface area contributed by atoms with Gasteiger partial charge in [-0.25, -0.2) is 0 Å². The third kappa shape index (κ3) is 4.85. The lowest BCUT2D eigenvalue weighted by molar-refractivity contribution is -0.124. The number of aliphatic hydroxyl groups excluding tert-OH is 1. The highest BCUT2D eigenvalue weighted by Gasteiger charge is 2.29. The zero-order valence-electron chi connectivity index (χ0n) is 11.0. The Morgan fingerprint density at radius 1 is 1.59 bits per heavy atom. The average molecular weight is 260 g/mol. The summed E-state index contributed by atoms with van der Waals surface area (Å²) in [4.78, 5) is 12.1. The molecule has 5 heteroatoms. The number of carbonyl (C=O) groups is 1. The zero-order chi connectivity index (χ0) is 12.9. The fraction of sp³-hybridized carbons (Fsp3) is 0.917. The van der Waals surface area contributed by atoms with E-state index in [9.17, 15) is 4.79 Å². The predicted octanol–water partition coefficient (Wildman–Crippen LogP) is 0.605. The Morgan fingerprint density at radius 2 is 2.29 bits per heavy atom. The number of thioether (sulfide) groups is 1. The van der Waals surface area contributed by atoms with Crippen molar-refractivity contribution in [3.05, 3.63) is 0 Å². The van der Waals surface area contributed by atoms with Gasteiger partial charge in [-0.3, -0.25) is 4.79 Å². The molecule has 1 saturated heterocycles. The molecule has 1 heterocycles. The van der Waals surface area contributed by atoms with Crippen molar-refractivity contribution in [3.63, 3.8) is 0 Å². The van der Waals surface area contributed by atoms with E-state index < -0.39 is 0 Å². The van der Waals surface area contributed by atoms with E-state index in [0.29, 0.717) is 6.42 Å². The zero-order valence-corrected chi connectivity index (χ0v) is 11.8. The standard InChI is InChI=1S/C12H24N2O2S/c1-12(2,3)10(4-6-15)14-11(16)9-8-17-7-5-13-9/h9-10,13,15H,4-8H2,1-3H3,(H,14,16). The minimum absolute atomic E-state index is 0.0220. The van der Waals surface area contributed by atoms with Crippen LogP contribution in [0, 0.1) is 5.41 Å². The van der Waals surface area contributed by atoms with Crippen molar-refractivity contribution in [1.82, 2.24) is 10.6 Å². The van der Waals surface area contributed by atoms with Crippen LogP contribution in [0.3, 0.4) is 0 Å². The molecule has 1 amide bonds. The van der Waals surface area contributed by atoms with E-state index in [1.807, 2.05) is 0 Å². The Balaban J connectivity index is 2.51. The molecule has 1 fully saturated rings. The van der Waals surface area contributed by atoms with E-state index in [-0.39, 0.29) is 30.0 Å². The molecule has 3 N–H and O–H groups in total. The predicted molar refractivity (Wildman–Crippen MR) is 72.2 cm³/mol. The van der Waals surface area contributed by atoms with Crippen molar-refractivity contribution in [3.8, 4) is 0 Å². The van der Waals surface area contributed by atoms with Crippen molar-refractivity contribution >= 4 is 17.7 Å². The molecule has 4 nitrogen and oxygen atoms in total. The summed E-state index contributed by atoms with van der Waals surface area (Å²) in [5.74, 6) is 1.97. The second kappa shape index (κ2) is 6.61. The minimum Gasteiger partial charge on any atom is -0.396 e. The maximum Gasteiger partial charge on any atom is 0.238 e. The van der Waals surface area contributed by atoms with Crippen LogP contribution < -0.4 is 10.6 Å². The number of carbonyl (C=O) groups excluding carboxylic acids is 1. The largest absolute Gasteiger partial charge is 0.396 e. The van der Waals surface area contributed by atoms with Crippen molar-refractivity contribution in [2.45, 2.75) is 39.3 Å². The van der Waals surface area contributed by atoms with Gasteiger partial charge in [0.15, 0.2) is 0 Å². The van der Waals surface area contributed by atoms with Gasteiger partial charge in [0, 0.05) is 30.7 Å². The Kier molecular flexibility index (Phi) is 5.76. The Labute approximate surface area is 108 Å². The SMILES string of the molecule is CC(C)(C)C(CCO)NC(=O)C1CSCCN1. The molecule has 2 unspecified atom stereocenters. The molecule has 0 radical (unpaired) electrons. The van der Waals surface area contributed by atoms with Crippen LogP contribution in [0.1, 0.15) is 27.2 Å². The van der Waals surface area contributed by atoms with Gasteiger partial charge in [0.2, 0.25) is 5.91 Å². The molecule has 0 aliphatic carbocycles. The summed E-state index contributed by atoms with van der Waals surface area (Å²) in [6, 6.07) is -0.0639. The van der Waals surface area contributed by atoms with Crippen LogP contribution in [-0.4, -0.2) is 47.8 Å². The van der Waals surface area contributed by atoms with E-state index in [0.717, 1.165) is 18.1 Å². The highest BCUT2D eigenvalue weighted by atomic mass is 32.2. The van der Waals surface area contributed by atoms with Crippen molar-refractivity contribution in [2.75, 3.05) is 24.7 Å². The molecular formula is C12H24N2O2S. The summed E-state index contributed by atoms with van der Waals surface area (Å²) < 4.78 is 0. The average Bonchev–Trinajstić information content (AvgIpc) is 2.28. The molecule has 17 heavy (non-hydrogen) atoms. The van der Waals surface area contributed by atoms with E-state index >= 15 is 0 Å². The smallest absolute Gasteiger partial charge is 0.238 e. The Morgan fingerprint density at radius 3 is 2.76 bits per heavy atom. The molecule has 0 aromatic heterocycles.